The molecule has 1 saturated heterocycles. The largest absolute Gasteiger partial charge is 0.468 e. The number of nitrogens with one attached hydrogen (secondary N) is 1. The van der Waals surface area contributed by atoms with E-state index in [-0.39, 0.29) is 17.8 Å². The van der Waals surface area contributed by atoms with Crippen molar-refractivity contribution in [3.63, 3.8) is 0 Å². The van der Waals surface area contributed by atoms with Crippen LogP contribution in [0, 0.1) is 5.82 Å². The van der Waals surface area contributed by atoms with Crippen molar-refractivity contribution < 1.29 is 13.6 Å². The number of piperazine rings is 1. The normalized spacial score (nSPS) is 15.8. The molecule has 0 radical (unpaired) electrons. The zero-order chi connectivity index (χ0) is 20.1. The first kappa shape index (κ1) is 19.2. The molecule has 0 bridgehead atoms. The lowest BCUT2D eigenvalue weighted by Crippen LogP contribution is -2.49. The minimum Gasteiger partial charge on any atom is -0.468 e. The smallest absolute Gasteiger partial charge is 0.251 e. The van der Waals surface area contributed by atoms with Crippen LogP contribution in [-0.2, 0) is 0 Å². The van der Waals surface area contributed by atoms with Crippen LogP contribution in [0.2, 0.25) is 0 Å². The predicted octanol–water partition coefficient (Wildman–Crippen LogP) is 3.71. The molecule has 0 saturated carbocycles. The third-order valence-corrected chi connectivity index (χ3v) is 5.31. The van der Waals surface area contributed by atoms with E-state index in [1.807, 2.05) is 18.2 Å². The highest BCUT2D eigenvalue weighted by molar-refractivity contribution is 5.94. The lowest BCUT2D eigenvalue weighted by Gasteiger charge is -2.39. The van der Waals surface area contributed by atoms with E-state index in [0.29, 0.717) is 12.1 Å². The number of anilines is 1. The van der Waals surface area contributed by atoms with Crippen LogP contribution >= 0.6 is 0 Å². The molecule has 2 aromatic carbocycles. The molecule has 29 heavy (non-hydrogen) atoms. The molecular weight excluding hydrogens is 369 g/mol. The van der Waals surface area contributed by atoms with Crippen LogP contribution in [0.25, 0.3) is 0 Å². The maximum atomic E-state index is 13.1. The van der Waals surface area contributed by atoms with Crippen molar-refractivity contribution in [2.75, 3.05) is 37.6 Å². The Hall–Kier alpha value is -3.12. The van der Waals surface area contributed by atoms with Crippen LogP contribution in [0.3, 0.4) is 0 Å². The minimum absolute atomic E-state index is 0.0488. The lowest BCUT2D eigenvalue weighted by molar-refractivity contribution is 0.0923. The first-order chi connectivity index (χ1) is 14.2. The van der Waals surface area contributed by atoms with E-state index in [2.05, 4.69) is 39.4 Å². The van der Waals surface area contributed by atoms with Crippen molar-refractivity contribution in [2.24, 2.45) is 0 Å². The number of rotatable bonds is 6. The summed E-state index contributed by atoms with van der Waals surface area (Å²) in [6.07, 6.45) is 1.66. The molecule has 0 unspecified atom stereocenters. The maximum absolute atomic E-state index is 13.1. The maximum Gasteiger partial charge on any atom is 0.251 e. The number of benzene rings is 2. The molecule has 1 aliphatic heterocycles. The molecule has 5 nitrogen and oxygen atoms in total. The Morgan fingerprint density at radius 2 is 1.69 bits per heavy atom. The number of carbonyl (C=O) groups excluding carboxylic acids is 1. The van der Waals surface area contributed by atoms with Gasteiger partial charge in [0.25, 0.3) is 5.91 Å². The quantitative estimate of drug-likeness (QED) is 0.694. The molecule has 1 aliphatic rings. The van der Waals surface area contributed by atoms with E-state index in [0.717, 1.165) is 31.9 Å². The van der Waals surface area contributed by atoms with E-state index < -0.39 is 0 Å². The number of halogens is 1. The van der Waals surface area contributed by atoms with E-state index in [9.17, 15) is 9.18 Å². The summed E-state index contributed by atoms with van der Waals surface area (Å²) in [7, 11) is 0. The Labute approximate surface area is 169 Å². The van der Waals surface area contributed by atoms with Gasteiger partial charge >= 0.3 is 0 Å². The third-order valence-electron chi connectivity index (χ3n) is 5.31. The van der Waals surface area contributed by atoms with Gasteiger partial charge in [0.05, 0.1) is 12.3 Å². The number of amides is 1. The number of hydrogen-bond donors (Lipinski definition) is 1. The van der Waals surface area contributed by atoms with E-state index in [1.165, 1.54) is 30.0 Å². The Balaban J connectivity index is 1.40. The third kappa shape index (κ3) is 4.66. The van der Waals surface area contributed by atoms with Crippen LogP contribution in [0.4, 0.5) is 10.1 Å². The lowest BCUT2D eigenvalue weighted by atomic mass is 10.1. The topological polar surface area (TPSA) is 48.7 Å². The number of hydrogen-bond acceptors (Lipinski definition) is 4. The molecule has 2 heterocycles. The van der Waals surface area contributed by atoms with Crippen molar-refractivity contribution in [3.05, 3.63) is 90.1 Å². The van der Waals surface area contributed by atoms with Gasteiger partial charge in [-0.25, -0.2) is 4.39 Å². The first-order valence-electron chi connectivity index (χ1n) is 9.82. The monoisotopic (exact) mass is 393 g/mol. The fourth-order valence-corrected chi connectivity index (χ4v) is 3.71. The second kappa shape index (κ2) is 8.92. The van der Waals surface area contributed by atoms with Crippen molar-refractivity contribution in [2.45, 2.75) is 6.04 Å². The van der Waals surface area contributed by atoms with Gasteiger partial charge in [-0.15, -0.1) is 0 Å². The molecule has 1 aromatic heterocycles. The van der Waals surface area contributed by atoms with Crippen molar-refractivity contribution >= 4 is 11.6 Å². The summed E-state index contributed by atoms with van der Waals surface area (Å²) in [6.45, 7) is 3.98. The van der Waals surface area contributed by atoms with Crippen molar-refractivity contribution in [3.8, 4) is 0 Å². The number of furan rings is 1. The zero-order valence-corrected chi connectivity index (χ0v) is 16.1. The van der Waals surface area contributed by atoms with Gasteiger partial charge in [0.15, 0.2) is 0 Å². The minimum atomic E-state index is -0.355. The average Bonchev–Trinajstić information content (AvgIpc) is 3.30. The molecule has 1 atom stereocenters. The first-order valence-corrected chi connectivity index (χ1v) is 9.82. The summed E-state index contributed by atoms with van der Waals surface area (Å²) in [5, 5.41) is 2.97. The molecule has 1 N–H and O–H groups in total. The Morgan fingerprint density at radius 1 is 0.966 bits per heavy atom. The molecular formula is C23H24FN3O2. The van der Waals surface area contributed by atoms with Gasteiger partial charge in [0.2, 0.25) is 0 Å². The van der Waals surface area contributed by atoms with Crippen LogP contribution < -0.4 is 10.2 Å². The number of nitrogens with zero attached hydrogens (tertiary/aromatic N) is 2. The molecule has 0 aliphatic carbocycles. The SMILES string of the molecule is O=C(NC[C@@H](c1ccco1)N1CCN(c2ccccc2)CC1)c1ccc(F)cc1. The summed E-state index contributed by atoms with van der Waals surface area (Å²) in [5.41, 5.74) is 1.67. The van der Waals surface area contributed by atoms with Gasteiger partial charge in [0.1, 0.15) is 11.6 Å². The molecule has 1 fully saturated rings. The van der Waals surface area contributed by atoms with Crippen LogP contribution in [-0.4, -0.2) is 43.5 Å². The second-order valence-electron chi connectivity index (χ2n) is 7.11. The zero-order valence-electron chi connectivity index (χ0n) is 16.1. The summed E-state index contributed by atoms with van der Waals surface area (Å²) < 4.78 is 18.8. The molecule has 6 heteroatoms. The van der Waals surface area contributed by atoms with Gasteiger partial charge in [0, 0.05) is 44.0 Å². The average molecular weight is 393 g/mol. The van der Waals surface area contributed by atoms with Gasteiger partial charge in [-0.1, -0.05) is 18.2 Å². The molecule has 1 amide bonds. The molecule has 3 aromatic rings. The standard InChI is InChI=1S/C23H24FN3O2/c24-19-10-8-18(9-11-19)23(28)25-17-21(22-7-4-16-29-22)27-14-12-26(13-15-27)20-5-2-1-3-6-20/h1-11,16,21H,12-15,17H2,(H,25,28)/t21-/m0/s1. The fourth-order valence-electron chi connectivity index (χ4n) is 3.71. The Bertz CT molecular complexity index is 905. The number of para-hydroxylation sites is 1. The highest BCUT2D eigenvalue weighted by Crippen LogP contribution is 2.24. The predicted molar refractivity (Wildman–Crippen MR) is 110 cm³/mol. The van der Waals surface area contributed by atoms with E-state index >= 15 is 0 Å². The summed E-state index contributed by atoms with van der Waals surface area (Å²) in [5.74, 6) is 0.258. The molecule has 4 rings (SSSR count). The van der Waals surface area contributed by atoms with E-state index in [4.69, 9.17) is 4.42 Å². The van der Waals surface area contributed by atoms with E-state index in [1.54, 1.807) is 6.26 Å². The van der Waals surface area contributed by atoms with Crippen LogP contribution in [0.15, 0.2) is 77.4 Å². The van der Waals surface area contributed by atoms with Gasteiger partial charge in [-0.3, -0.25) is 9.69 Å². The Kier molecular flexibility index (Phi) is 5.91. The van der Waals surface area contributed by atoms with Crippen molar-refractivity contribution in [1.29, 1.82) is 0 Å². The van der Waals surface area contributed by atoms with Crippen LogP contribution in [0.1, 0.15) is 22.2 Å². The Morgan fingerprint density at radius 3 is 2.34 bits per heavy atom. The van der Waals surface area contributed by atoms with Gasteiger partial charge in [-0.05, 0) is 48.5 Å². The highest BCUT2D eigenvalue weighted by Gasteiger charge is 2.27. The second-order valence-corrected chi connectivity index (χ2v) is 7.11. The molecule has 0 spiro atoms. The van der Waals surface area contributed by atoms with Gasteiger partial charge in [-0.2, -0.15) is 0 Å². The summed E-state index contributed by atoms with van der Waals surface area (Å²) in [6, 6.07) is 19.7. The van der Waals surface area contributed by atoms with Crippen molar-refractivity contribution in [1.82, 2.24) is 10.2 Å². The highest BCUT2D eigenvalue weighted by atomic mass is 19.1. The van der Waals surface area contributed by atoms with Crippen LogP contribution in [0.5, 0.6) is 0 Å². The summed E-state index contributed by atoms with van der Waals surface area (Å²) in [4.78, 5) is 17.2. The molecule has 150 valence electrons. The fraction of sp³-hybridized carbons (Fsp3) is 0.261. The van der Waals surface area contributed by atoms with Gasteiger partial charge < -0.3 is 14.6 Å². The number of carbonyl (C=O) groups is 1. The summed E-state index contributed by atoms with van der Waals surface area (Å²) >= 11 is 0.